The number of aliphatic hydroxyl groups is 4. The van der Waals surface area contributed by atoms with Gasteiger partial charge in [-0.3, -0.25) is 9.59 Å². The van der Waals surface area contributed by atoms with Gasteiger partial charge < -0.3 is 30.4 Å². The molecule has 5 atom stereocenters. The van der Waals surface area contributed by atoms with E-state index in [4.69, 9.17) is 20.4 Å². The SMILES string of the molecule is C/C(O)=C(/CC(O)O)N(C)C.CCC[C@H](C)C(O)C(C)C(=O)CCCC[C@@H](C)CC(C)C(=O)O. The molecule has 0 radical (unpaired) electrons. The summed E-state index contributed by atoms with van der Waals surface area (Å²) >= 11 is 0. The molecule has 0 aliphatic heterocycles. The van der Waals surface area contributed by atoms with E-state index in [0.29, 0.717) is 24.5 Å². The van der Waals surface area contributed by atoms with Crippen LogP contribution in [0, 0.1) is 23.7 Å². The second kappa shape index (κ2) is 18.7. The van der Waals surface area contributed by atoms with Crippen molar-refractivity contribution in [2.45, 2.75) is 105 Å². The van der Waals surface area contributed by atoms with Gasteiger partial charge in [0, 0.05) is 32.9 Å². The molecule has 0 rings (SSSR count). The Morgan fingerprint density at radius 2 is 1.47 bits per heavy atom. The predicted molar refractivity (Wildman–Crippen MR) is 135 cm³/mol. The first kappa shape index (κ1) is 34.5. The molecule has 0 spiro atoms. The molecule has 34 heavy (non-hydrogen) atoms. The number of unbranched alkanes of at least 4 members (excludes halogenated alkanes) is 1. The summed E-state index contributed by atoms with van der Waals surface area (Å²) < 4.78 is 0. The quantitative estimate of drug-likeness (QED) is 0.123. The smallest absolute Gasteiger partial charge is 0.306 e. The van der Waals surface area contributed by atoms with Gasteiger partial charge in [-0.25, -0.2) is 0 Å². The van der Waals surface area contributed by atoms with Crippen LogP contribution in [-0.2, 0) is 9.59 Å². The largest absolute Gasteiger partial charge is 0.511 e. The first-order chi connectivity index (χ1) is 15.6. The Hall–Kier alpha value is -1.64. The van der Waals surface area contributed by atoms with Crippen molar-refractivity contribution in [3.63, 3.8) is 0 Å². The maximum Gasteiger partial charge on any atom is 0.306 e. The Bertz CT molecular complexity index is 600. The van der Waals surface area contributed by atoms with Crippen molar-refractivity contribution in [3.8, 4) is 0 Å². The number of carbonyl (C=O) groups excluding carboxylic acids is 1. The molecule has 0 amide bonds. The van der Waals surface area contributed by atoms with E-state index in [2.05, 4.69) is 13.8 Å². The molecule has 3 unspecified atom stereocenters. The van der Waals surface area contributed by atoms with Crippen molar-refractivity contribution < 1.29 is 35.1 Å². The lowest BCUT2D eigenvalue weighted by atomic mass is 9.86. The van der Waals surface area contributed by atoms with Gasteiger partial charge in [0.1, 0.15) is 11.5 Å². The van der Waals surface area contributed by atoms with E-state index in [1.54, 1.807) is 25.9 Å². The maximum absolute atomic E-state index is 12.2. The normalized spacial score (nSPS) is 16.5. The number of nitrogens with zero attached hydrogens (tertiary/aromatic N) is 1. The van der Waals surface area contributed by atoms with Gasteiger partial charge in [0.05, 0.1) is 17.7 Å². The molecule has 0 fully saturated rings. The molecule has 5 N–H and O–H groups in total. The number of carboxylic acids is 1. The molecule has 0 saturated heterocycles. The lowest BCUT2D eigenvalue weighted by molar-refractivity contribution is -0.141. The standard InChI is InChI=1S/C19H36O4.C7H15NO3/c1-6-9-14(3)18(21)16(5)17(20)11-8-7-10-13(2)12-15(4)19(22)23;1-5(9)6(8(2)3)4-7(10)11/h13-16,18,21H,6-12H2,1-5H3,(H,22,23);7,9-11H,4H2,1-3H3/b;6-5+/t13-,14+,15?,16?,18?;/m1./s1. The highest BCUT2D eigenvalue weighted by molar-refractivity contribution is 5.81. The van der Waals surface area contributed by atoms with Crippen LogP contribution in [0.5, 0.6) is 0 Å². The molecule has 0 saturated carbocycles. The average molecular weight is 490 g/mol. The zero-order valence-corrected chi connectivity index (χ0v) is 22.6. The molecule has 0 heterocycles. The number of carbonyl (C=O) groups is 2. The molecule has 0 bridgehead atoms. The summed E-state index contributed by atoms with van der Waals surface area (Å²) in [4.78, 5) is 24.6. The van der Waals surface area contributed by atoms with Crippen molar-refractivity contribution in [3.05, 3.63) is 11.5 Å². The van der Waals surface area contributed by atoms with Gasteiger partial charge in [-0.05, 0) is 38.0 Å². The fourth-order valence-corrected chi connectivity index (χ4v) is 3.98. The number of ketones is 1. The van der Waals surface area contributed by atoms with Crippen molar-refractivity contribution in [1.82, 2.24) is 4.90 Å². The second-order valence-electron chi connectivity index (χ2n) is 9.95. The van der Waals surface area contributed by atoms with E-state index in [0.717, 1.165) is 32.1 Å². The van der Waals surface area contributed by atoms with E-state index < -0.39 is 18.4 Å². The minimum absolute atomic E-state index is 0.0509. The fourth-order valence-electron chi connectivity index (χ4n) is 3.98. The maximum atomic E-state index is 12.2. The van der Waals surface area contributed by atoms with Gasteiger partial charge in [-0.15, -0.1) is 0 Å². The van der Waals surface area contributed by atoms with Gasteiger partial charge in [0.25, 0.3) is 0 Å². The highest BCUT2D eigenvalue weighted by Crippen LogP contribution is 2.22. The van der Waals surface area contributed by atoms with Gasteiger partial charge in [0.2, 0.25) is 0 Å². The minimum Gasteiger partial charge on any atom is -0.511 e. The number of carboxylic acid groups (broad SMARTS) is 1. The number of aliphatic hydroxyl groups excluding tert-OH is 3. The molecule has 0 aliphatic carbocycles. The highest BCUT2D eigenvalue weighted by atomic mass is 16.5. The molecule has 0 aromatic rings. The first-order valence-electron chi connectivity index (χ1n) is 12.5. The summed E-state index contributed by atoms with van der Waals surface area (Å²) in [7, 11) is 3.47. The zero-order chi connectivity index (χ0) is 27.0. The lowest BCUT2D eigenvalue weighted by Gasteiger charge is -2.23. The van der Waals surface area contributed by atoms with Crippen molar-refractivity contribution in [2.24, 2.45) is 23.7 Å². The lowest BCUT2D eigenvalue weighted by Crippen LogP contribution is -2.31. The molecule has 8 heteroatoms. The summed E-state index contributed by atoms with van der Waals surface area (Å²) in [5.74, 6) is -0.547. The molecule has 0 aromatic carbocycles. The van der Waals surface area contributed by atoms with Crippen molar-refractivity contribution >= 4 is 11.8 Å². The van der Waals surface area contributed by atoms with E-state index in [1.165, 1.54) is 6.92 Å². The molecule has 8 nitrogen and oxygen atoms in total. The second-order valence-corrected chi connectivity index (χ2v) is 9.95. The number of hydrogen-bond acceptors (Lipinski definition) is 7. The Morgan fingerprint density at radius 1 is 0.912 bits per heavy atom. The molecule has 0 aromatic heterocycles. The summed E-state index contributed by atoms with van der Waals surface area (Å²) in [5.41, 5.74) is 0.528. The molecular weight excluding hydrogens is 438 g/mol. The Morgan fingerprint density at radius 3 is 1.85 bits per heavy atom. The summed E-state index contributed by atoms with van der Waals surface area (Å²) in [6, 6.07) is 0. The van der Waals surface area contributed by atoms with Crippen LogP contribution >= 0.6 is 0 Å². The van der Waals surface area contributed by atoms with Crippen LogP contribution in [0.15, 0.2) is 11.5 Å². The van der Waals surface area contributed by atoms with Gasteiger partial charge in [-0.1, -0.05) is 53.9 Å². The summed E-state index contributed by atoms with van der Waals surface area (Å²) in [5, 5.41) is 45.4. The number of allylic oxidation sites excluding steroid dienone is 1. The predicted octanol–water partition coefficient (Wildman–Crippen LogP) is 4.33. The number of Topliss-reactive ketones (excluding diaryl/α,β-unsaturated/α-hetero) is 1. The van der Waals surface area contributed by atoms with Gasteiger partial charge in [-0.2, -0.15) is 0 Å². The first-order valence-corrected chi connectivity index (χ1v) is 12.5. The zero-order valence-electron chi connectivity index (χ0n) is 22.6. The third kappa shape index (κ3) is 16.1. The van der Waals surface area contributed by atoms with Crippen LogP contribution in [0.1, 0.15) is 92.9 Å². The Balaban J connectivity index is 0. The Labute approximate surface area is 206 Å². The Kier molecular flexibility index (Phi) is 18.9. The number of hydrogen-bond donors (Lipinski definition) is 5. The van der Waals surface area contributed by atoms with E-state index in [-0.39, 0.29) is 35.7 Å². The van der Waals surface area contributed by atoms with Crippen molar-refractivity contribution in [2.75, 3.05) is 14.1 Å². The third-order valence-electron chi connectivity index (χ3n) is 6.23. The van der Waals surface area contributed by atoms with Crippen LogP contribution in [0.2, 0.25) is 0 Å². The number of rotatable bonds is 16. The summed E-state index contributed by atoms with van der Waals surface area (Å²) in [6.45, 7) is 11.2. The van der Waals surface area contributed by atoms with Crippen LogP contribution < -0.4 is 0 Å². The number of aliphatic carboxylic acids is 1. The third-order valence-corrected chi connectivity index (χ3v) is 6.23. The van der Waals surface area contributed by atoms with Crippen LogP contribution in [0.25, 0.3) is 0 Å². The molecule has 202 valence electrons. The van der Waals surface area contributed by atoms with Gasteiger partial charge in [0.15, 0.2) is 6.29 Å². The topological polar surface area (TPSA) is 139 Å². The van der Waals surface area contributed by atoms with Crippen LogP contribution in [0.4, 0.5) is 0 Å². The molecule has 0 aliphatic rings. The fraction of sp³-hybridized carbons (Fsp3) is 0.846. The van der Waals surface area contributed by atoms with Crippen LogP contribution in [0.3, 0.4) is 0 Å². The molecular formula is C26H51NO7. The van der Waals surface area contributed by atoms with Crippen molar-refractivity contribution in [1.29, 1.82) is 0 Å². The average Bonchev–Trinajstić information content (AvgIpc) is 2.73. The highest BCUT2D eigenvalue weighted by Gasteiger charge is 2.25. The summed E-state index contributed by atoms with van der Waals surface area (Å²) in [6.07, 6.45) is 3.97. The van der Waals surface area contributed by atoms with Crippen LogP contribution in [-0.4, -0.2) is 68.7 Å². The van der Waals surface area contributed by atoms with E-state index >= 15 is 0 Å². The van der Waals surface area contributed by atoms with E-state index in [9.17, 15) is 14.7 Å². The minimum atomic E-state index is -1.41. The van der Waals surface area contributed by atoms with E-state index in [1.807, 2.05) is 13.8 Å². The monoisotopic (exact) mass is 489 g/mol. The van der Waals surface area contributed by atoms with Gasteiger partial charge >= 0.3 is 5.97 Å².